The molecule has 178 valence electrons. The van der Waals surface area contributed by atoms with Gasteiger partial charge in [0, 0.05) is 5.56 Å². The highest BCUT2D eigenvalue weighted by atomic mass is 19.2. The number of unbranched alkanes of at least 4 members (excludes halogenated alkanes) is 2. The van der Waals surface area contributed by atoms with Gasteiger partial charge in [-0.2, -0.15) is 0 Å². The zero-order valence-electron chi connectivity index (χ0n) is 19.6. The first kappa shape index (κ1) is 24.5. The van der Waals surface area contributed by atoms with E-state index in [9.17, 15) is 17.6 Å². The van der Waals surface area contributed by atoms with Crippen LogP contribution in [-0.2, 0) is 19.3 Å². The van der Waals surface area contributed by atoms with Gasteiger partial charge in [0.25, 0.3) is 0 Å². The maximum Gasteiger partial charge on any atom is 0.159 e. The van der Waals surface area contributed by atoms with Crippen LogP contribution in [0.3, 0.4) is 0 Å². The van der Waals surface area contributed by atoms with Gasteiger partial charge in [-0.05, 0) is 95.6 Å². The average Bonchev–Trinajstić information content (AvgIpc) is 2.84. The first-order valence-electron chi connectivity index (χ1n) is 11.9. The van der Waals surface area contributed by atoms with E-state index in [-0.39, 0.29) is 11.4 Å². The smallest absolute Gasteiger partial charge is 0.159 e. The molecule has 35 heavy (non-hydrogen) atoms. The maximum absolute atomic E-state index is 14.6. The van der Waals surface area contributed by atoms with Crippen molar-refractivity contribution in [1.29, 1.82) is 0 Å². The van der Waals surface area contributed by atoms with Crippen LogP contribution in [0.25, 0.3) is 10.8 Å². The monoisotopic (exact) mass is 474 g/mol. The Morgan fingerprint density at radius 2 is 1.29 bits per heavy atom. The fourth-order valence-electron chi connectivity index (χ4n) is 4.08. The van der Waals surface area contributed by atoms with Gasteiger partial charge in [0.15, 0.2) is 11.6 Å². The molecule has 4 aromatic rings. The molecular weight excluding hydrogens is 448 g/mol. The Bertz CT molecular complexity index is 1410. The molecule has 0 atom stereocenters. The van der Waals surface area contributed by atoms with Gasteiger partial charge >= 0.3 is 0 Å². The minimum absolute atomic E-state index is 0.208. The Morgan fingerprint density at radius 1 is 0.571 bits per heavy atom. The molecule has 0 amide bonds. The van der Waals surface area contributed by atoms with Crippen molar-refractivity contribution in [2.24, 2.45) is 0 Å². The van der Waals surface area contributed by atoms with Crippen molar-refractivity contribution >= 4 is 10.8 Å². The number of hydrogen-bond acceptors (Lipinski definition) is 0. The highest BCUT2D eigenvalue weighted by molar-refractivity contribution is 5.84. The summed E-state index contributed by atoms with van der Waals surface area (Å²) in [7, 11) is 0. The third-order valence-electron chi connectivity index (χ3n) is 6.12. The Labute approximate surface area is 203 Å². The van der Waals surface area contributed by atoms with Gasteiger partial charge in [-0.25, -0.2) is 17.6 Å². The molecule has 0 nitrogen and oxygen atoms in total. The molecule has 0 unspecified atom stereocenters. The average molecular weight is 475 g/mol. The summed E-state index contributed by atoms with van der Waals surface area (Å²) in [5, 5.41) is 1.08. The SMILES string of the molecule is CCCCCc1ccc(CCc2ccc(C#Cc3ccc4cc(F)c(F)cc4c3)c(F)c2)c(F)c1. The van der Waals surface area contributed by atoms with Crippen molar-refractivity contribution in [3.63, 3.8) is 0 Å². The molecule has 0 radical (unpaired) electrons. The Balaban J connectivity index is 1.42. The largest absolute Gasteiger partial charge is 0.207 e. The summed E-state index contributed by atoms with van der Waals surface area (Å²) in [6.45, 7) is 2.14. The van der Waals surface area contributed by atoms with E-state index in [4.69, 9.17) is 0 Å². The molecule has 0 fully saturated rings. The molecule has 0 bridgehead atoms. The molecule has 0 spiro atoms. The van der Waals surface area contributed by atoms with Crippen molar-refractivity contribution in [2.45, 2.75) is 45.4 Å². The number of aryl methyl sites for hydroxylation is 3. The third-order valence-corrected chi connectivity index (χ3v) is 6.12. The summed E-state index contributed by atoms with van der Waals surface area (Å²) >= 11 is 0. The molecule has 0 aliphatic heterocycles. The van der Waals surface area contributed by atoms with Gasteiger partial charge in [0.2, 0.25) is 0 Å². The molecule has 0 heterocycles. The topological polar surface area (TPSA) is 0 Å². The van der Waals surface area contributed by atoms with E-state index in [1.807, 2.05) is 12.1 Å². The number of benzene rings is 4. The van der Waals surface area contributed by atoms with Crippen LogP contribution in [0, 0.1) is 35.1 Å². The van der Waals surface area contributed by atoms with Crippen molar-refractivity contribution < 1.29 is 17.6 Å². The lowest BCUT2D eigenvalue weighted by atomic mass is 9.99. The van der Waals surface area contributed by atoms with Crippen LogP contribution >= 0.6 is 0 Å². The lowest BCUT2D eigenvalue weighted by molar-refractivity contribution is 0.511. The van der Waals surface area contributed by atoms with Crippen LogP contribution < -0.4 is 0 Å². The van der Waals surface area contributed by atoms with Crippen LogP contribution in [0.1, 0.15) is 54.0 Å². The highest BCUT2D eigenvalue weighted by Gasteiger charge is 2.07. The second-order valence-corrected chi connectivity index (χ2v) is 8.78. The van der Waals surface area contributed by atoms with Crippen molar-refractivity contribution in [2.75, 3.05) is 0 Å². The first-order valence-corrected chi connectivity index (χ1v) is 11.9. The van der Waals surface area contributed by atoms with Crippen molar-refractivity contribution in [3.8, 4) is 11.8 Å². The minimum Gasteiger partial charge on any atom is -0.207 e. The minimum atomic E-state index is -0.924. The fraction of sp³-hybridized carbons (Fsp3) is 0.226. The van der Waals surface area contributed by atoms with E-state index in [1.54, 1.807) is 36.4 Å². The van der Waals surface area contributed by atoms with Crippen LogP contribution in [0.15, 0.2) is 66.7 Å². The van der Waals surface area contributed by atoms with Crippen LogP contribution in [0.5, 0.6) is 0 Å². The van der Waals surface area contributed by atoms with Gasteiger partial charge in [-0.15, -0.1) is 0 Å². The molecule has 0 aliphatic rings. The van der Waals surface area contributed by atoms with E-state index in [2.05, 4.69) is 18.8 Å². The quantitative estimate of drug-likeness (QED) is 0.144. The van der Waals surface area contributed by atoms with Gasteiger partial charge in [0.1, 0.15) is 11.6 Å². The van der Waals surface area contributed by atoms with E-state index in [0.29, 0.717) is 34.7 Å². The summed E-state index contributed by atoms with van der Waals surface area (Å²) in [5.74, 6) is 3.20. The normalized spacial score (nSPS) is 10.9. The molecular formula is C31H26F4. The standard InChI is InChI=1S/C31H26F4/c1-2-3-4-5-21-6-11-24(28(32)17-21)13-8-23-9-14-25(29(33)18-23)12-7-22-10-15-26-19-30(34)31(35)20-27(26)16-22/h6,9-11,14-20H,2-5,8,13H2,1H3. The number of rotatable bonds is 7. The number of halogens is 4. The fourth-order valence-corrected chi connectivity index (χ4v) is 4.08. The second kappa shape index (κ2) is 11.2. The second-order valence-electron chi connectivity index (χ2n) is 8.78. The van der Waals surface area contributed by atoms with Crippen molar-refractivity contribution in [1.82, 2.24) is 0 Å². The number of hydrogen-bond donors (Lipinski definition) is 0. The van der Waals surface area contributed by atoms with E-state index in [1.165, 1.54) is 6.07 Å². The summed E-state index contributed by atoms with van der Waals surface area (Å²) in [6, 6.07) is 17.5. The molecule has 0 N–H and O–H groups in total. The van der Waals surface area contributed by atoms with Crippen LogP contribution in [0.2, 0.25) is 0 Å². The molecule has 0 saturated carbocycles. The summed E-state index contributed by atoms with van der Waals surface area (Å²) < 4.78 is 56.0. The lowest BCUT2D eigenvalue weighted by Crippen LogP contribution is -1.98. The maximum atomic E-state index is 14.6. The summed E-state index contributed by atoms with van der Waals surface area (Å²) in [6.07, 6.45) is 5.22. The zero-order valence-corrected chi connectivity index (χ0v) is 19.6. The zero-order chi connectivity index (χ0) is 24.8. The van der Waals surface area contributed by atoms with Crippen LogP contribution in [-0.4, -0.2) is 0 Å². The summed E-state index contributed by atoms with van der Waals surface area (Å²) in [5.41, 5.74) is 3.21. The molecule has 4 aromatic carbocycles. The van der Waals surface area contributed by atoms with E-state index >= 15 is 0 Å². The highest BCUT2D eigenvalue weighted by Crippen LogP contribution is 2.20. The van der Waals surface area contributed by atoms with Gasteiger partial charge in [-0.1, -0.05) is 55.9 Å². The van der Waals surface area contributed by atoms with Gasteiger partial charge < -0.3 is 0 Å². The molecule has 4 heteroatoms. The molecule has 0 aliphatic carbocycles. The van der Waals surface area contributed by atoms with Gasteiger partial charge in [0.05, 0.1) is 5.56 Å². The summed E-state index contributed by atoms with van der Waals surface area (Å²) in [4.78, 5) is 0. The Kier molecular flexibility index (Phi) is 7.87. The molecule has 0 saturated heterocycles. The predicted octanol–water partition coefficient (Wildman–Crippen LogP) is 8.31. The molecule has 4 rings (SSSR count). The van der Waals surface area contributed by atoms with E-state index < -0.39 is 17.5 Å². The first-order chi connectivity index (χ1) is 16.9. The lowest BCUT2D eigenvalue weighted by Gasteiger charge is -2.07. The Morgan fingerprint density at radius 3 is 2.03 bits per heavy atom. The molecule has 0 aromatic heterocycles. The predicted molar refractivity (Wildman–Crippen MR) is 133 cm³/mol. The number of fused-ring (bicyclic) bond motifs is 1. The van der Waals surface area contributed by atoms with Gasteiger partial charge in [-0.3, -0.25) is 0 Å². The van der Waals surface area contributed by atoms with Crippen LogP contribution in [0.4, 0.5) is 17.6 Å². The third kappa shape index (κ3) is 6.31. The Hall–Kier alpha value is -3.58. The van der Waals surface area contributed by atoms with E-state index in [0.717, 1.165) is 48.9 Å². The van der Waals surface area contributed by atoms with Crippen molar-refractivity contribution in [3.05, 3.63) is 118 Å².